The fourth-order valence-electron chi connectivity index (χ4n) is 0.747. The molecule has 0 N–H and O–H groups in total. The molecule has 1 aromatic rings. The first-order valence-electron chi connectivity index (χ1n) is 3.02. The Bertz CT molecular complexity index is 263. The monoisotopic (exact) mass is 177 g/mol. The van der Waals surface area contributed by atoms with E-state index < -0.39 is 6.43 Å². The highest BCUT2D eigenvalue weighted by Gasteiger charge is 2.12. The standard InChI is InChI=1S/C7H6ClF2N/c1-4-5(8)2-3-11-6(4)7(9)10/h2-3,7H,1H3. The van der Waals surface area contributed by atoms with Gasteiger partial charge in [0.2, 0.25) is 0 Å². The molecule has 0 spiro atoms. The van der Waals surface area contributed by atoms with E-state index in [1.54, 1.807) is 0 Å². The summed E-state index contributed by atoms with van der Waals surface area (Å²) < 4.78 is 24.2. The molecule has 1 nitrogen and oxygen atoms in total. The third kappa shape index (κ3) is 1.66. The Morgan fingerprint density at radius 1 is 1.55 bits per heavy atom. The summed E-state index contributed by atoms with van der Waals surface area (Å²) >= 11 is 5.58. The zero-order valence-electron chi connectivity index (χ0n) is 5.81. The SMILES string of the molecule is Cc1c(Cl)ccnc1C(F)F. The van der Waals surface area contributed by atoms with Crippen LogP contribution in [0.5, 0.6) is 0 Å². The molecule has 0 aliphatic heterocycles. The van der Waals surface area contributed by atoms with Gasteiger partial charge in [0.1, 0.15) is 5.69 Å². The van der Waals surface area contributed by atoms with Gasteiger partial charge < -0.3 is 0 Å². The molecule has 0 amide bonds. The van der Waals surface area contributed by atoms with Crippen molar-refractivity contribution < 1.29 is 8.78 Å². The van der Waals surface area contributed by atoms with E-state index in [4.69, 9.17) is 11.6 Å². The highest BCUT2D eigenvalue weighted by atomic mass is 35.5. The lowest BCUT2D eigenvalue weighted by molar-refractivity contribution is 0.145. The first-order chi connectivity index (χ1) is 5.13. The Morgan fingerprint density at radius 2 is 2.18 bits per heavy atom. The third-order valence-electron chi connectivity index (χ3n) is 1.38. The van der Waals surface area contributed by atoms with Crippen LogP contribution < -0.4 is 0 Å². The summed E-state index contributed by atoms with van der Waals surface area (Å²) in [5.41, 5.74) is 0.113. The number of hydrogen-bond acceptors (Lipinski definition) is 1. The summed E-state index contributed by atoms with van der Waals surface area (Å²) in [5, 5.41) is 0.329. The second-order valence-electron chi connectivity index (χ2n) is 2.10. The maximum atomic E-state index is 12.1. The van der Waals surface area contributed by atoms with Gasteiger partial charge in [0.05, 0.1) is 0 Å². The van der Waals surface area contributed by atoms with Crippen LogP contribution in [0.2, 0.25) is 5.02 Å². The van der Waals surface area contributed by atoms with Crippen molar-refractivity contribution in [3.63, 3.8) is 0 Å². The number of pyridine rings is 1. The summed E-state index contributed by atoms with van der Waals surface area (Å²) in [6.07, 6.45) is -1.27. The highest BCUT2D eigenvalue weighted by Crippen LogP contribution is 2.24. The van der Waals surface area contributed by atoms with Gasteiger partial charge >= 0.3 is 0 Å². The summed E-state index contributed by atoms with van der Waals surface area (Å²) in [6, 6.07) is 1.49. The average Bonchev–Trinajstić information content (AvgIpc) is 1.94. The fourth-order valence-corrected chi connectivity index (χ4v) is 0.900. The van der Waals surface area contributed by atoms with Crippen LogP contribution in [0.15, 0.2) is 12.3 Å². The third-order valence-corrected chi connectivity index (χ3v) is 1.79. The largest absolute Gasteiger partial charge is 0.280 e. The smallest absolute Gasteiger partial charge is 0.255 e. The fraction of sp³-hybridized carbons (Fsp3) is 0.286. The van der Waals surface area contributed by atoms with Gasteiger partial charge in [-0.3, -0.25) is 4.98 Å². The first kappa shape index (κ1) is 8.40. The van der Waals surface area contributed by atoms with Crippen LogP contribution in [-0.2, 0) is 0 Å². The average molecular weight is 178 g/mol. The maximum absolute atomic E-state index is 12.1. The summed E-state index contributed by atoms with van der Waals surface area (Å²) in [5.74, 6) is 0. The minimum absolute atomic E-state index is 0.238. The Morgan fingerprint density at radius 3 is 2.64 bits per heavy atom. The molecule has 0 atom stereocenters. The van der Waals surface area contributed by atoms with Gasteiger partial charge in [-0.2, -0.15) is 0 Å². The molecule has 0 bridgehead atoms. The molecule has 1 rings (SSSR count). The quantitative estimate of drug-likeness (QED) is 0.643. The number of rotatable bonds is 1. The number of halogens is 3. The summed E-state index contributed by atoms with van der Waals surface area (Å²) in [6.45, 7) is 1.52. The van der Waals surface area contributed by atoms with E-state index in [2.05, 4.69) is 4.98 Å². The van der Waals surface area contributed by atoms with Crippen molar-refractivity contribution in [3.8, 4) is 0 Å². The molecule has 0 saturated carbocycles. The molecule has 0 radical (unpaired) electrons. The lowest BCUT2D eigenvalue weighted by atomic mass is 10.2. The van der Waals surface area contributed by atoms with Gasteiger partial charge in [-0.15, -0.1) is 0 Å². The van der Waals surface area contributed by atoms with Crippen LogP contribution in [0.4, 0.5) is 8.78 Å². The maximum Gasteiger partial charge on any atom is 0.280 e. The van der Waals surface area contributed by atoms with Crippen molar-refractivity contribution in [2.75, 3.05) is 0 Å². The highest BCUT2D eigenvalue weighted by molar-refractivity contribution is 6.31. The van der Waals surface area contributed by atoms with Crippen LogP contribution in [0.25, 0.3) is 0 Å². The van der Waals surface area contributed by atoms with E-state index in [1.807, 2.05) is 0 Å². The minimum atomic E-state index is -2.55. The van der Waals surface area contributed by atoms with Crippen molar-refractivity contribution in [1.29, 1.82) is 0 Å². The lowest BCUT2D eigenvalue weighted by Crippen LogP contribution is -1.93. The number of hydrogen-bond donors (Lipinski definition) is 0. The molecule has 0 fully saturated rings. The van der Waals surface area contributed by atoms with Gasteiger partial charge in [0.25, 0.3) is 6.43 Å². The summed E-state index contributed by atoms with van der Waals surface area (Å²) in [4.78, 5) is 3.50. The Hall–Kier alpha value is -0.700. The van der Waals surface area contributed by atoms with Gasteiger partial charge in [-0.1, -0.05) is 11.6 Å². The van der Waals surface area contributed by atoms with Crippen molar-refractivity contribution in [1.82, 2.24) is 4.98 Å². The minimum Gasteiger partial charge on any atom is -0.255 e. The van der Waals surface area contributed by atoms with Crippen LogP contribution in [0, 0.1) is 6.92 Å². The molecule has 4 heteroatoms. The molecular weight excluding hydrogens is 172 g/mol. The van der Waals surface area contributed by atoms with Gasteiger partial charge in [-0.05, 0) is 18.6 Å². The molecule has 1 heterocycles. The Balaban J connectivity index is 3.17. The van der Waals surface area contributed by atoms with E-state index in [1.165, 1.54) is 19.2 Å². The van der Waals surface area contributed by atoms with E-state index in [0.29, 0.717) is 10.6 Å². The predicted molar refractivity (Wildman–Crippen MR) is 38.9 cm³/mol. The van der Waals surface area contributed by atoms with Gasteiger partial charge in [0, 0.05) is 11.2 Å². The topological polar surface area (TPSA) is 12.9 Å². The van der Waals surface area contributed by atoms with Crippen LogP contribution in [0.1, 0.15) is 17.7 Å². The second-order valence-corrected chi connectivity index (χ2v) is 2.51. The molecule has 0 unspecified atom stereocenters. The van der Waals surface area contributed by atoms with E-state index in [0.717, 1.165) is 0 Å². The molecule has 11 heavy (non-hydrogen) atoms. The van der Waals surface area contributed by atoms with Crippen LogP contribution in [0.3, 0.4) is 0 Å². The van der Waals surface area contributed by atoms with Crippen molar-refractivity contribution >= 4 is 11.6 Å². The van der Waals surface area contributed by atoms with Gasteiger partial charge in [-0.25, -0.2) is 8.78 Å². The molecule has 60 valence electrons. The lowest BCUT2D eigenvalue weighted by Gasteiger charge is -2.03. The Kier molecular flexibility index (Phi) is 2.39. The van der Waals surface area contributed by atoms with Crippen LogP contribution in [-0.4, -0.2) is 4.98 Å². The molecule has 0 saturated heterocycles. The van der Waals surface area contributed by atoms with E-state index in [-0.39, 0.29) is 5.69 Å². The zero-order chi connectivity index (χ0) is 8.43. The van der Waals surface area contributed by atoms with E-state index in [9.17, 15) is 8.78 Å². The number of aromatic nitrogens is 1. The molecular formula is C7H6ClF2N. The number of alkyl halides is 2. The number of nitrogens with zero attached hydrogens (tertiary/aromatic N) is 1. The second kappa shape index (κ2) is 3.13. The van der Waals surface area contributed by atoms with Gasteiger partial charge in [0.15, 0.2) is 0 Å². The van der Waals surface area contributed by atoms with Crippen molar-refractivity contribution in [2.24, 2.45) is 0 Å². The van der Waals surface area contributed by atoms with Crippen molar-refractivity contribution in [2.45, 2.75) is 13.3 Å². The normalized spacial score (nSPS) is 10.6. The first-order valence-corrected chi connectivity index (χ1v) is 3.40. The molecule has 0 aliphatic rings. The van der Waals surface area contributed by atoms with Crippen LogP contribution >= 0.6 is 11.6 Å². The predicted octanol–water partition coefficient (Wildman–Crippen LogP) is 2.98. The zero-order valence-corrected chi connectivity index (χ0v) is 6.57. The molecule has 1 aromatic heterocycles. The molecule has 0 aromatic carbocycles. The Labute approximate surface area is 68.0 Å². The molecule has 0 aliphatic carbocycles. The summed E-state index contributed by atoms with van der Waals surface area (Å²) in [7, 11) is 0. The van der Waals surface area contributed by atoms with Crippen molar-refractivity contribution in [3.05, 3.63) is 28.5 Å². The van der Waals surface area contributed by atoms with E-state index >= 15 is 0 Å².